The van der Waals surface area contributed by atoms with E-state index in [4.69, 9.17) is 9.97 Å². The molecule has 2 saturated heterocycles. The average molecular weight is 590 g/mol. The van der Waals surface area contributed by atoms with Gasteiger partial charge in [0.25, 0.3) is 10.0 Å². The van der Waals surface area contributed by atoms with E-state index < -0.39 is 10.0 Å². The Hall–Kier alpha value is -2.59. The van der Waals surface area contributed by atoms with E-state index in [1.807, 2.05) is 12.3 Å². The van der Waals surface area contributed by atoms with Gasteiger partial charge in [0.05, 0.1) is 15.6 Å². The number of pyridine rings is 1. The van der Waals surface area contributed by atoms with E-state index in [1.165, 1.54) is 48.3 Å². The number of rotatable bonds is 6. The lowest BCUT2D eigenvalue weighted by atomic mass is 9.81. The summed E-state index contributed by atoms with van der Waals surface area (Å²) in [6, 6.07) is 11.6. The third kappa shape index (κ3) is 5.26. The number of hydrogen-bond donors (Lipinski definition) is 0. The first-order valence-electron chi connectivity index (χ1n) is 15.2. The number of nitrogens with zero attached hydrogens (tertiary/aromatic N) is 5. The van der Waals surface area contributed by atoms with Crippen molar-refractivity contribution in [3.63, 3.8) is 0 Å². The number of hydrogen-bond acceptors (Lipinski definition) is 7. The molecule has 1 aromatic carbocycles. The summed E-state index contributed by atoms with van der Waals surface area (Å²) in [6.07, 6.45) is 13.3. The maximum atomic E-state index is 13.8. The van der Waals surface area contributed by atoms with E-state index in [1.54, 1.807) is 41.8 Å². The van der Waals surface area contributed by atoms with Crippen LogP contribution in [0.1, 0.15) is 73.8 Å². The molecule has 4 aromatic rings. The molecule has 3 aliphatic rings. The van der Waals surface area contributed by atoms with Crippen molar-refractivity contribution in [3.05, 3.63) is 64.7 Å². The molecular formula is C32H39N5O2S2. The minimum atomic E-state index is -3.81. The molecule has 1 saturated carbocycles. The van der Waals surface area contributed by atoms with Gasteiger partial charge in [-0.15, -0.1) is 11.3 Å². The van der Waals surface area contributed by atoms with Gasteiger partial charge in [-0.2, -0.15) is 0 Å². The zero-order valence-corrected chi connectivity index (χ0v) is 25.4. The largest absolute Gasteiger partial charge is 0.306 e. The van der Waals surface area contributed by atoms with Crippen molar-refractivity contribution in [1.82, 2.24) is 23.7 Å². The summed E-state index contributed by atoms with van der Waals surface area (Å²) in [5.41, 5.74) is 3.41. The summed E-state index contributed by atoms with van der Waals surface area (Å²) in [4.78, 5) is 15.3. The summed E-state index contributed by atoms with van der Waals surface area (Å²) in [5.74, 6) is 0.920. The Morgan fingerprint density at radius 2 is 1.63 bits per heavy atom. The van der Waals surface area contributed by atoms with Crippen molar-refractivity contribution in [2.24, 2.45) is 0 Å². The van der Waals surface area contributed by atoms with E-state index in [2.05, 4.69) is 28.3 Å². The van der Waals surface area contributed by atoms with Crippen LogP contribution in [0.2, 0.25) is 0 Å². The van der Waals surface area contributed by atoms with Crippen LogP contribution >= 0.6 is 11.3 Å². The Kier molecular flexibility index (Phi) is 7.48. The van der Waals surface area contributed by atoms with Crippen molar-refractivity contribution >= 4 is 32.4 Å². The molecule has 3 aromatic heterocycles. The second kappa shape index (κ2) is 11.2. The summed E-state index contributed by atoms with van der Waals surface area (Å²) >= 11 is 1.70. The van der Waals surface area contributed by atoms with Crippen molar-refractivity contribution in [3.8, 4) is 11.3 Å². The van der Waals surface area contributed by atoms with Crippen LogP contribution in [0.3, 0.4) is 0 Å². The van der Waals surface area contributed by atoms with Gasteiger partial charge in [0.15, 0.2) is 5.65 Å². The van der Waals surface area contributed by atoms with Crippen molar-refractivity contribution < 1.29 is 8.42 Å². The molecule has 0 N–H and O–H groups in total. The van der Waals surface area contributed by atoms with Gasteiger partial charge < -0.3 is 9.80 Å². The molecule has 7 nitrogen and oxygen atoms in total. The minimum Gasteiger partial charge on any atom is -0.306 e. The highest BCUT2D eigenvalue weighted by Crippen LogP contribution is 2.40. The van der Waals surface area contributed by atoms with E-state index in [9.17, 15) is 8.42 Å². The Morgan fingerprint density at radius 3 is 2.37 bits per heavy atom. The van der Waals surface area contributed by atoms with Gasteiger partial charge in [0, 0.05) is 40.7 Å². The topological polar surface area (TPSA) is 71.3 Å². The fourth-order valence-corrected chi connectivity index (χ4v) is 9.48. The Bertz CT molecular complexity index is 1610. The number of aromatic nitrogens is 3. The lowest BCUT2D eigenvalue weighted by Gasteiger charge is -2.34. The summed E-state index contributed by atoms with van der Waals surface area (Å²) in [6.45, 7) is 4.68. The van der Waals surface area contributed by atoms with Crippen LogP contribution in [-0.4, -0.2) is 71.4 Å². The quantitative estimate of drug-likeness (QED) is 0.262. The second-order valence-electron chi connectivity index (χ2n) is 12.2. The van der Waals surface area contributed by atoms with E-state index >= 15 is 0 Å². The monoisotopic (exact) mass is 589 g/mol. The second-order valence-corrected chi connectivity index (χ2v) is 14.9. The Balaban J connectivity index is 1.25. The number of likely N-dealkylation sites (tertiary alicyclic amines) is 2. The van der Waals surface area contributed by atoms with E-state index in [-0.39, 0.29) is 4.90 Å². The third-order valence-corrected chi connectivity index (χ3v) is 12.3. The lowest BCUT2D eigenvalue weighted by Crippen LogP contribution is -2.35. The number of benzene rings is 1. The van der Waals surface area contributed by atoms with Crippen LogP contribution < -0.4 is 0 Å². The van der Waals surface area contributed by atoms with Crippen LogP contribution in [0, 0.1) is 0 Å². The Morgan fingerprint density at radius 1 is 0.902 bits per heavy atom. The van der Waals surface area contributed by atoms with Crippen molar-refractivity contribution in [2.75, 3.05) is 33.2 Å². The molecule has 9 heteroatoms. The summed E-state index contributed by atoms with van der Waals surface area (Å²) in [5, 5.41) is 4.14. The van der Waals surface area contributed by atoms with Gasteiger partial charge in [0.2, 0.25) is 0 Å². The molecule has 5 heterocycles. The lowest BCUT2D eigenvalue weighted by molar-refractivity contribution is 0.182. The van der Waals surface area contributed by atoms with E-state index in [0.717, 1.165) is 60.4 Å². The van der Waals surface area contributed by atoms with Crippen LogP contribution in [0.4, 0.5) is 0 Å². The third-order valence-electron chi connectivity index (χ3n) is 9.62. The number of piperidine rings is 1. The van der Waals surface area contributed by atoms with Crippen LogP contribution in [-0.2, 0) is 10.0 Å². The maximum Gasteiger partial charge on any atom is 0.269 e. The fraction of sp³-hybridized carbons (Fsp3) is 0.500. The highest BCUT2D eigenvalue weighted by molar-refractivity contribution is 7.90. The number of fused-ring (bicyclic) bond motifs is 1. The fourth-order valence-electron chi connectivity index (χ4n) is 7.15. The van der Waals surface area contributed by atoms with Gasteiger partial charge >= 0.3 is 0 Å². The first-order valence-corrected chi connectivity index (χ1v) is 17.5. The molecule has 41 heavy (non-hydrogen) atoms. The minimum absolute atomic E-state index is 0.264. The predicted molar refractivity (Wildman–Crippen MR) is 165 cm³/mol. The van der Waals surface area contributed by atoms with Gasteiger partial charge in [-0.3, -0.25) is 0 Å². The summed E-state index contributed by atoms with van der Waals surface area (Å²) in [7, 11) is -1.63. The molecule has 0 radical (unpaired) electrons. The standard InChI is InChI=1S/C32H39N5O2S2/c1-35-17-13-24(14-18-35)32-34-30(22-40-32)29-21-37(41(38,39)27-7-3-2-4-8-27)31-28(29)19-25(20-33-31)23-9-11-26(12-10-23)36-15-5-6-16-36/h2-4,7-8,19-24,26H,5-6,9-18H2,1H3/t23-,26-. The average Bonchev–Trinajstić information content (AvgIpc) is 3.78. The van der Waals surface area contributed by atoms with Crippen LogP contribution in [0.15, 0.2) is 59.1 Å². The van der Waals surface area contributed by atoms with E-state index in [0.29, 0.717) is 23.5 Å². The molecule has 2 aliphatic heterocycles. The molecule has 0 bridgehead atoms. The molecule has 216 valence electrons. The first-order chi connectivity index (χ1) is 20.0. The molecule has 0 spiro atoms. The van der Waals surface area contributed by atoms with Crippen molar-refractivity contribution in [1.29, 1.82) is 0 Å². The molecular weight excluding hydrogens is 551 g/mol. The number of thiazole rings is 1. The highest BCUT2D eigenvalue weighted by Gasteiger charge is 2.30. The molecule has 0 amide bonds. The molecule has 3 fully saturated rings. The SMILES string of the molecule is CN1CCC(c2nc(-c3cn(S(=O)(=O)c4ccccc4)c4ncc([C@H]5CC[C@H](N6CCCC6)CC5)cc34)cs2)CC1. The predicted octanol–water partition coefficient (Wildman–Crippen LogP) is 6.33. The van der Waals surface area contributed by atoms with Gasteiger partial charge in [-0.1, -0.05) is 18.2 Å². The van der Waals surface area contributed by atoms with Gasteiger partial charge in [-0.25, -0.2) is 22.4 Å². The van der Waals surface area contributed by atoms with Gasteiger partial charge in [0.1, 0.15) is 0 Å². The highest BCUT2D eigenvalue weighted by atomic mass is 32.2. The first kappa shape index (κ1) is 27.3. The maximum absolute atomic E-state index is 13.8. The van der Waals surface area contributed by atoms with Crippen LogP contribution in [0.5, 0.6) is 0 Å². The van der Waals surface area contributed by atoms with Gasteiger partial charge in [-0.05, 0) is 114 Å². The van der Waals surface area contributed by atoms with Crippen LogP contribution in [0.25, 0.3) is 22.3 Å². The normalized spacial score (nSPS) is 23.4. The molecule has 0 atom stereocenters. The molecule has 1 aliphatic carbocycles. The zero-order valence-electron chi connectivity index (χ0n) is 23.8. The Labute approximate surface area is 247 Å². The molecule has 0 unspecified atom stereocenters. The smallest absolute Gasteiger partial charge is 0.269 e. The molecule has 7 rings (SSSR count). The zero-order chi connectivity index (χ0) is 28.0. The summed E-state index contributed by atoms with van der Waals surface area (Å²) < 4.78 is 29.0. The van der Waals surface area contributed by atoms with Crippen molar-refractivity contribution in [2.45, 2.75) is 74.1 Å².